The Bertz CT molecular complexity index is 1460. The number of nitrogen functional groups attached to an aromatic ring is 1. The number of nitrogens with one attached hydrogen (secondary N) is 1. The highest BCUT2D eigenvalue weighted by atomic mass is 16.5. The van der Waals surface area contributed by atoms with Crippen LogP contribution in [0.5, 0.6) is 11.5 Å². The molecule has 38 heavy (non-hydrogen) atoms. The highest BCUT2D eigenvalue weighted by Gasteiger charge is 2.32. The lowest BCUT2D eigenvalue weighted by atomic mass is 10.1. The molecule has 2 amide bonds. The number of methoxy groups -OCH3 is 1. The molecular weight excluding hydrogens is 482 g/mol. The Kier molecular flexibility index (Phi) is 5.98. The Morgan fingerprint density at radius 3 is 2.55 bits per heavy atom. The van der Waals surface area contributed by atoms with Crippen molar-refractivity contribution in [1.82, 2.24) is 9.88 Å². The molecule has 3 N–H and O–H groups in total. The summed E-state index contributed by atoms with van der Waals surface area (Å²) in [5.74, 6) is 0.941. The number of carbonyl (C=O) groups is 2. The first kappa shape index (κ1) is 24.0. The van der Waals surface area contributed by atoms with Gasteiger partial charge >= 0.3 is 0 Å². The van der Waals surface area contributed by atoms with Crippen molar-refractivity contribution in [1.29, 1.82) is 5.41 Å². The minimum Gasteiger partial charge on any atom is -0.493 e. The average Bonchev–Trinajstić information content (AvgIpc) is 3.63. The topological polar surface area (TPSA) is 122 Å². The maximum Gasteiger partial charge on any atom is 0.258 e. The van der Waals surface area contributed by atoms with Crippen molar-refractivity contribution in [3.8, 4) is 11.5 Å². The number of amides is 2. The Hall–Kier alpha value is -4.40. The van der Waals surface area contributed by atoms with Crippen LogP contribution in [0.2, 0.25) is 0 Å². The number of carbonyl (C=O) groups excluding carboxylic acids is 2. The SMILES string of the molecule is COc1ccc(N2Cc3ccc(CN4Cc5cnc(C(=N)N)cc5C4=O)cc3C2=O)cc1OC1CCCC1. The van der Waals surface area contributed by atoms with E-state index in [1.54, 1.807) is 29.2 Å². The molecule has 9 heteroatoms. The summed E-state index contributed by atoms with van der Waals surface area (Å²) in [4.78, 5) is 34.1. The fourth-order valence-electron chi connectivity index (χ4n) is 5.52. The van der Waals surface area contributed by atoms with Crippen molar-refractivity contribution in [3.63, 3.8) is 0 Å². The van der Waals surface area contributed by atoms with Crippen LogP contribution in [0, 0.1) is 5.41 Å². The van der Waals surface area contributed by atoms with Gasteiger partial charge in [0.05, 0.1) is 19.8 Å². The minimum absolute atomic E-state index is 0.0785. The number of nitrogens with two attached hydrogens (primary N) is 1. The molecule has 0 atom stereocenters. The Morgan fingerprint density at radius 1 is 1.00 bits per heavy atom. The van der Waals surface area contributed by atoms with E-state index in [4.69, 9.17) is 20.6 Å². The van der Waals surface area contributed by atoms with Gasteiger partial charge < -0.3 is 25.0 Å². The number of rotatable bonds is 7. The molecule has 0 unspecified atom stereocenters. The second kappa shape index (κ2) is 9.48. The van der Waals surface area contributed by atoms with E-state index in [0.717, 1.165) is 35.2 Å². The number of ether oxygens (including phenoxy) is 2. The first-order valence-electron chi connectivity index (χ1n) is 12.8. The van der Waals surface area contributed by atoms with E-state index < -0.39 is 0 Å². The van der Waals surface area contributed by atoms with Gasteiger partial charge in [-0.15, -0.1) is 0 Å². The number of fused-ring (bicyclic) bond motifs is 2. The molecule has 3 aromatic rings. The lowest BCUT2D eigenvalue weighted by Crippen LogP contribution is -2.24. The molecule has 2 aromatic carbocycles. The first-order valence-corrected chi connectivity index (χ1v) is 12.8. The normalized spacial score (nSPS) is 16.7. The number of amidine groups is 1. The molecule has 0 spiro atoms. The fraction of sp³-hybridized carbons (Fsp3) is 0.310. The Morgan fingerprint density at radius 2 is 1.79 bits per heavy atom. The van der Waals surface area contributed by atoms with E-state index in [9.17, 15) is 9.59 Å². The summed E-state index contributed by atoms with van der Waals surface area (Å²) < 4.78 is 11.7. The summed E-state index contributed by atoms with van der Waals surface area (Å²) in [6, 6.07) is 13.0. The molecule has 0 saturated heterocycles. The van der Waals surface area contributed by atoms with Crippen LogP contribution >= 0.6 is 0 Å². The Balaban J connectivity index is 1.20. The lowest BCUT2D eigenvalue weighted by Gasteiger charge is -2.20. The van der Waals surface area contributed by atoms with Crippen molar-refractivity contribution in [2.45, 2.75) is 51.4 Å². The number of benzene rings is 2. The molecule has 2 aliphatic heterocycles. The molecule has 194 valence electrons. The Labute approximate surface area is 220 Å². The summed E-state index contributed by atoms with van der Waals surface area (Å²) in [5, 5.41) is 7.59. The van der Waals surface area contributed by atoms with Gasteiger partial charge in [0.25, 0.3) is 11.8 Å². The number of nitrogens with zero attached hydrogens (tertiary/aromatic N) is 3. The predicted molar refractivity (Wildman–Crippen MR) is 142 cm³/mol. The van der Waals surface area contributed by atoms with Crippen molar-refractivity contribution >= 4 is 23.3 Å². The molecular formula is C29H29N5O4. The van der Waals surface area contributed by atoms with Gasteiger partial charge in [-0.1, -0.05) is 12.1 Å². The van der Waals surface area contributed by atoms with Crippen LogP contribution in [0.25, 0.3) is 0 Å². The van der Waals surface area contributed by atoms with Gasteiger partial charge in [-0.05, 0) is 61.1 Å². The number of anilines is 1. The summed E-state index contributed by atoms with van der Waals surface area (Å²) in [7, 11) is 1.62. The maximum absolute atomic E-state index is 13.5. The van der Waals surface area contributed by atoms with Gasteiger partial charge in [0.15, 0.2) is 11.5 Å². The molecule has 0 radical (unpaired) electrons. The summed E-state index contributed by atoms with van der Waals surface area (Å²) in [6.07, 6.45) is 6.18. The van der Waals surface area contributed by atoms with Gasteiger partial charge in [-0.2, -0.15) is 0 Å². The van der Waals surface area contributed by atoms with Gasteiger partial charge in [-0.25, -0.2) is 0 Å². The van der Waals surface area contributed by atoms with Crippen LogP contribution < -0.4 is 20.1 Å². The maximum atomic E-state index is 13.5. The van der Waals surface area contributed by atoms with Crippen molar-refractivity contribution in [3.05, 3.63) is 82.2 Å². The molecule has 9 nitrogen and oxygen atoms in total. The minimum atomic E-state index is -0.171. The predicted octanol–water partition coefficient (Wildman–Crippen LogP) is 4.01. The van der Waals surface area contributed by atoms with Crippen LogP contribution in [-0.4, -0.2) is 40.7 Å². The third kappa shape index (κ3) is 4.23. The highest BCUT2D eigenvalue weighted by molar-refractivity contribution is 6.10. The van der Waals surface area contributed by atoms with Crippen LogP contribution in [-0.2, 0) is 19.6 Å². The van der Waals surface area contributed by atoms with E-state index in [2.05, 4.69) is 4.98 Å². The fourth-order valence-corrected chi connectivity index (χ4v) is 5.52. The largest absolute Gasteiger partial charge is 0.493 e. The molecule has 1 aliphatic carbocycles. The van der Waals surface area contributed by atoms with Gasteiger partial charge in [0.2, 0.25) is 0 Å². The third-order valence-corrected chi connectivity index (χ3v) is 7.55. The monoisotopic (exact) mass is 511 g/mol. The van der Waals surface area contributed by atoms with Gasteiger partial charge in [0.1, 0.15) is 11.5 Å². The molecule has 6 rings (SSSR count). The van der Waals surface area contributed by atoms with Crippen LogP contribution in [0.3, 0.4) is 0 Å². The molecule has 1 aromatic heterocycles. The second-order valence-corrected chi connectivity index (χ2v) is 10.0. The molecule has 1 fully saturated rings. The number of hydrogen-bond donors (Lipinski definition) is 2. The van der Waals surface area contributed by atoms with Crippen molar-refractivity contribution in [2.75, 3.05) is 12.0 Å². The van der Waals surface area contributed by atoms with E-state index in [0.29, 0.717) is 42.3 Å². The van der Waals surface area contributed by atoms with E-state index in [1.807, 2.05) is 36.4 Å². The second-order valence-electron chi connectivity index (χ2n) is 10.0. The van der Waals surface area contributed by atoms with Crippen LogP contribution in [0.1, 0.15) is 68.8 Å². The number of hydrogen-bond acceptors (Lipinski definition) is 6. The van der Waals surface area contributed by atoms with Crippen molar-refractivity contribution < 1.29 is 19.1 Å². The highest BCUT2D eigenvalue weighted by Crippen LogP contribution is 2.38. The molecule has 3 aliphatic rings. The molecule has 3 heterocycles. The molecule has 1 saturated carbocycles. The third-order valence-electron chi connectivity index (χ3n) is 7.55. The zero-order valence-electron chi connectivity index (χ0n) is 21.2. The first-order chi connectivity index (χ1) is 18.4. The molecule has 0 bridgehead atoms. The zero-order chi connectivity index (χ0) is 26.4. The van der Waals surface area contributed by atoms with Gasteiger partial charge in [-0.3, -0.25) is 20.0 Å². The summed E-state index contributed by atoms with van der Waals surface area (Å²) in [6.45, 7) is 1.26. The summed E-state index contributed by atoms with van der Waals surface area (Å²) >= 11 is 0. The lowest BCUT2D eigenvalue weighted by molar-refractivity contribution is 0.0766. The average molecular weight is 512 g/mol. The van der Waals surface area contributed by atoms with Crippen molar-refractivity contribution in [2.24, 2.45) is 5.73 Å². The van der Waals surface area contributed by atoms with E-state index in [-0.39, 0.29) is 29.4 Å². The van der Waals surface area contributed by atoms with Crippen LogP contribution in [0.15, 0.2) is 48.7 Å². The van der Waals surface area contributed by atoms with Crippen LogP contribution in [0.4, 0.5) is 5.69 Å². The number of aromatic nitrogens is 1. The zero-order valence-corrected chi connectivity index (χ0v) is 21.2. The standard InChI is InChI=1S/C29H29N5O4/c1-37-25-9-8-20(11-26(25)38-21-4-2-3-5-21)34-16-18-7-6-17(10-22(18)29(34)36)14-33-15-19-13-32-24(27(30)31)12-23(19)28(33)35/h6-13,21H,2-5,14-16H2,1H3,(H3,30,31). The summed E-state index contributed by atoms with van der Waals surface area (Å²) in [5.41, 5.74) is 10.4. The smallest absolute Gasteiger partial charge is 0.258 e. The van der Waals surface area contributed by atoms with Gasteiger partial charge in [0, 0.05) is 47.7 Å². The quantitative estimate of drug-likeness (QED) is 0.365. The van der Waals surface area contributed by atoms with E-state index in [1.165, 1.54) is 12.8 Å². The van der Waals surface area contributed by atoms with E-state index >= 15 is 0 Å². The number of pyridine rings is 1.